The van der Waals surface area contributed by atoms with Gasteiger partial charge in [0.25, 0.3) is 0 Å². The van der Waals surface area contributed by atoms with E-state index in [1.54, 1.807) is 0 Å². The lowest BCUT2D eigenvalue weighted by Gasteiger charge is -2.24. The number of likely N-dealkylation sites (N-methyl/N-ethyl adjacent to an activating group) is 4. The molecule has 0 spiro atoms. The largest absolute Gasteiger partial charge is 0.376 e. The third-order valence-electron chi connectivity index (χ3n) is 10.5. The second-order valence-corrected chi connectivity index (χ2v) is 16.2. The van der Waals surface area contributed by atoms with Gasteiger partial charge in [-0.2, -0.15) is 0 Å². The van der Waals surface area contributed by atoms with Crippen molar-refractivity contribution in [2.24, 2.45) is 0 Å². The number of rotatable bonds is 4. The van der Waals surface area contributed by atoms with Gasteiger partial charge in [0.2, 0.25) is 0 Å². The van der Waals surface area contributed by atoms with Gasteiger partial charge in [-0.25, -0.2) is 9.97 Å². The van der Waals surface area contributed by atoms with Gasteiger partial charge in [-0.05, 0) is 102 Å². The highest BCUT2D eigenvalue weighted by Crippen LogP contribution is 2.47. The fraction of sp³-hybridized carbons (Fsp3) is 0.182. The number of halogens is 4. The quantitative estimate of drug-likeness (QED) is 0.221. The Labute approximate surface area is 345 Å². The summed E-state index contributed by atoms with van der Waals surface area (Å²) in [6, 6.07) is 3.80. The van der Waals surface area contributed by atoms with E-state index in [2.05, 4.69) is 125 Å². The van der Waals surface area contributed by atoms with Crippen LogP contribution in [-0.2, 0) is 0 Å². The summed E-state index contributed by atoms with van der Waals surface area (Å²) >= 11 is 30.2. The summed E-state index contributed by atoms with van der Waals surface area (Å²) in [6.07, 6.45) is 31.0. The summed E-state index contributed by atoms with van der Waals surface area (Å²) in [7, 11) is 8.27. The van der Waals surface area contributed by atoms with Crippen LogP contribution in [0.1, 0.15) is 33.9 Å². The molecule has 0 atom stereocenters. The van der Waals surface area contributed by atoms with Crippen LogP contribution in [0, 0.1) is 0 Å². The van der Waals surface area contributed by atoms with Crippen molar-refractivity contribution in [2.45, 2.75) is 0 Å². The first-order valence-corrected chi connectivity index (χ1v) is 19.8. The van der Waals surface area contributed by atoms with Gasteiger partial charge in [0.15, 0.2) is 0 Å². The molecular weight excluding hydrogens is 782 g/mol. The first-order chi connectivity index (χ1) is 27.0. The van der Waals surface area contributed by atoms with Crippen molar-refractivity contribution >= 4 is 109 Å². The molecule has 56 heavy (non-hydrogen) atoms. The van der Waals surface area contributed by atoms with Gasteiger partial charge in [0, 0.05) is 70.2 Å². The highest BCUT2D eigenvalue weighted by Gasteiger charge is 2.32. The first-order valence-electron chi connectivity index (χ1n) is 18.3. The van der Waals surface area contributed by atoms with Gasteiger partial charge >= 0.3 is 0 Å². The molecule has 0 aliphatic carbocycles. The molecule has 0 saturated heterocycles. The van der Waals surface area contributed by atoms with Gasteiger partial charge in [-0.3, -0.25) is 0 Å². The highest BCUT2D eigenvalue weighted by molar-refractivity contribution is 6.40. The van der Waals surface area contributed by atoms with Crippen molar-refractivity contribution in [3.05, 3.63) is 145 Å². The van der Waals surface area contributed by atoms with E-state index in [0.29, 0.717) is 80.1 Å². The number of hydrogen-bond donors (Lipinski definition) is 1. The van der Waals surface area contributed by atoms with Crippen LogP contribution in [0.5, 0.6) is 0 Å². The van der Waals surface area contributed by atoms with Gasteiger partial charge in [-0.1, -0.05) is 64.6 Å². The van der Waals surface area contributed by atoms with Crippen molar-refractivity contribution in [1.82, 2.24) is 39.1 Å². The number of nitrogens with zero attached hydrogens (tertiary/aromatic N) is 7. The lowest BCUT2D eigenvalue weighted by molar-refractivity contribution is 0.497. The molecule has 9 rings (SSSR count). The number of fused-ring (bicyclic) bond motifs is 8. The van der Waals surface area contributed by atoms with Crippen molar-refractivity contribution in [1.29, 1.82) is 0 Å². The Bertz CT molecular complexity index is 2710. The van der Waals surface area contributed by atoms with Gasteiger partial charge in [0.1, 0.15) is 0 Å². The summed E-state index contributed by atoms with van der Waals surface area (Å²) in [5.74, 6) is 0. The normalized spacial score (nSPS) is 17.8. The van der Waals surface area contributed by atoms with Gasteiger partial charge in [-0.15, -0.1) is 0 Å². The zero-order valence-electron chi connectivity index (χ0n) is 31.3. The van der Waals surface area contributed by atoms with E-state index < -0.39 is 0 Å². The Balaban J connectivity index is 1.56. The molecule has 0 radical (unpaired) electrons. The van der Waals surface area contributed by atoms with E-state index in [-0.39, 0.29) is 0 Å². The van der Waals surface area contributed by atoms with Crippen LogP contribution in [0.4, 0.5) is 0 Å². The maximum atomic E-state index is 8.06. The average molecular weight is 821 g/mol. The molecular formula is C44H38Cl4N8. The standard InChI is InChI=1S/C44H38Cl4N8/c1-52-17-5-9-26(22-52)30-21-35-39(46)33-14-13-31(49-33)38(45)32-15-16-34(50-32)40(47)43-36(27-10-6-18-53(2)23-27)37(28-11-7-19-54(3)24-28)44(41(48)42(30)51-35)56(43)29-12-8-20-55(4)25-29/h5-21,49H,22-25H2,1-4H3. The van der Waals surface area contributed by atoms with Crippen molar-refractivity contribution in [2.75, 3.05) is 54.4 Å². The van der Waals surface area contributed by atoms with E-state index in [9.17, 15) is 0 Å². The summed E-state index contributed by atoms with van der Waals surface area (Å²) in [5.41, 5.74) is 12.3. The van der Waals surface area contributed by atoms with Gasteiger partial charge < -0.3 is 29.2 Å². The molecule has 0 aromatic carbocycles. The highest BCUT2D eigenvalue weighted by atomic mass is 35.5. The molecule has 1 N–H and O–H groups in total. The molecule has 12 heteroatoms. The van der Waals surface area contributed by atoms with Crippen LogP contribution in [0.3, 0.4) is 0 Å². The van der Waals surface area contributed by atoms with Crippen LogP contribution in [0.25, 0.3) is 62.7 Å². The van der Waals surface area contributed by atoms with Crippen molar-refractivity contribution in [3.63, 3.8) is 0 Å². The molecule has 3 aromatic heterocycles. The fourth-order valence-electron chi connectivity index (χ4n) is 7.96. The van der Waals surface area contributed by atoms with Gasteiger partial charge in [0.05, 0.1) is 71.5 Å². The summed E-state index contributed by atoms with van der Waals surface area (Å²) in [4.78, 5) is 22.4. The minimum absolute atomic E-state index is 0.445. The van der Waals surface area contributed by atoms with Crippen LogP contribution in [0.2, 0.25) is 20.1 Å². The van der Waals surface area contributed by atoms with Crippen LogP contribution >= 0.6 is 46.4 Å². The summed E-state index contributed by atoms with van der Waals surface area (Å²) < 4.78 is 2.24. The zero-order chi connectivity index (χ0) is 38.8. The second-order valence-electron chi connectivity index (χ2n) is 14.7. The second kappa shape index (κ2) is 14.4. The predicted octanol–water partition coefficient (Wildman–Crippen LogP) is 10.5. The Morgan fingerprint density at radius 1 is 0.536 bits per heavy atom. The number of aromatic amines is 1. The Morgan fingerprint density at radius 3 is 1.59 bits per heavy atom. The molecule has 282 valence electrons. The van der Waals surface area contributed by atoms with Crippen molar-refractivity contribution in [3.8, 4) is 0 Å². The smallest absolute Gasteiger partial charge is 0.0921 e. The molecule has 0 amide bonds. The third-order valence-corrected chi connectivity index (χ3v) is 12.1. The van der Waals surface area contributed by atoms with E-state index in [4.69, 9.17) is 56.4 Å². The number of H-pyrrole nitrogens is 1. The van der Waals surface area contributed by atoms with Crippen LogP contribution < -0.4 is 0 Å². The van der Waals surface area contributed by atoms with Crippen LogP contribution in [0.15, 0.2) is 91.1 Å². The third kappa shape index (κ3) is 6.35. The molecule has 3 aromatic rings. The minimum Gasteiger partial charge on any atom is -0.376 e. The van der Waals surface area contributed by atoms with Crippen LogP contribution in [-0.4, -0.2) is 93.5 Å². The lowest BCUT2D eigenvalue weighted by Crippen LogP contribution is -2.19. The number of aromatic nitrogens is 4. The Hall–Kier alpha value is -5.12. The number of nitrogens with one attached hydrogen (secondary N) is 1. The molecule has 0 unspecified atom stereocenters. The molecule has 9 heterocycles. The number of hydrogen-bond acceptors (Lipinski definition) is 6. The monoisotopic (exact) mass is 818 g/mol. The molecule has 6 aliphatic heterocycles. The first kappa shape index (κ1) is 36.5. The molecule has 6 aliphatic rings. The molecule has 0 saturated carbocycles. The maximum absolute atomic E-state index is 8.06. The Morgan fingerprint density at radius 2 is 1.02 bits per heavy atom. The van der Waals surface area contributed by atoms with E-state index in [1.165, 1.54) is 0 Å². The Kier molecular flexibility index (Phi) is 9.41. The number of allylic oxidation sites excluding steroid dienone is 8. The lowest BCUT2D eigenvalue weighted by atomic mass is 9.92. The molecule has 0 fully saturated rings. The molecule has 8 bridgehead atoms. The topological polar surface area (TPSA) is 59.5 Å². The summed E-state index contributed by atoms with van der Waals surface area (Å²) in [6.45, 7) is 2.55. The maximum Gasteiger partial charge on any atom is 0.0921 e. The van der Waals surface area contributed by atoms with E-state index in [0.717, 1.165) is 50.1 Å². The van der Waals surface area contributed by atoms with E-state index in [1.807, 2.05) is 36.4 Å². The summed E-state index contributed by atoms with van der Waals surface area (Å²) in [5, 5.41) is 1.84. The fourth-order valence-corrected chi connectivity index (χ4v) is 8.99. The predicted molar refractivity (Wildman–Crippen MR) is 237 cm³/mol. The molecule has 8 nitrogen and oxygen atoms in total. The minimum atomic E-state index is 0.445. The average Bonchev–Trinajstić information content (AvgIpc) is 4.01. The van der Waals surface area contributed by atoms with E-state index >= 15 is 0 Å². The zero-order valence-corrected chi connectivity index (χ0v) is 34.3. The SMILES string of the molecule is CN1C=CC=C(C2=Cc3nc2c(Cl)c2c(C4=CC=CN(C)C4)c(C4=CC=CN(C)C4)c(c(Cl)c4nc(c(Cl)c5ccc([nH]5)c3Cl)C=C4)n2C2=CC=CN(C)C2)C1. The van der Waals surface area contributed by atoms with Crippen molar-refractivity contribution < 1.29 is 0 Å².